The average molecular weight is 206 g/mol. The second-order valence-electron chi connectivity index (χ2n) is 4.42. The summed E-state index contributed by atoms with van der Waals surface area (Å²) >= 11 is 0. The highest BCUT2D eigenvalue weighted by Crippen LogP contribution is 2.39. The van der Waals surface area contributed by atoms with Crippen LogP contribution in [0.2, 0.25) is 0 Å². The van der Waals surface area contributed by atoms with E-state index in [-0.39, 0.29) is 0 Å². The number of aryl methyl sites for hydroxylation is 1. The van der Waals surface area contributed by atoms with Crippen molar-refractivity contribution < 1.29 is 0 Å². The van der Waals surface area contributed by atoms with E-state index in [0.717, 1.165) is 6.42 Å². The summed E-state index contributed by atoms with van der Waals surface area (Å²) < 4.78 is 0. The Morgan fingerprint density at radius 3 is 2.75 bits per heavy atom. The second kappa shape index (κ2) is 3.34. The minimum Gasteiger partial charge on any atom is -0.0985 e. The van der Waals surface area contributed by atoms with E-state index in [1.165, 1.54) is 33.4 Å². The monoisotopic (exact) mass is 206 g/mol. The van der Waals surface area contributed by atoms with Gasteiger partial charge in [-0.25, -0.2) is 0 Å². The molecule has 0 radical (unpaired) electrons. The first kappa shape index (κ1) is 9.41. The third-order valence-corrected chi connectivity index (χ3v) is 3.32. The lowest BCUT2D eigenvalue weighted by molar-refractivity contribution is 1.25. The highest BCUT2D eigenvalue weighted by atomic mass is 14.2. The molecule has 0 heterocycles. The standard InChI is InChI=1S/C16H14/c1-3-12-8-11(2)9-16-14-7-5-4-6-13(14)10-15(12)16/h3-9H,1,10H2,2H3. The van der Waals surface area contributed by atoms with Gasteiger partial charge in [0.15, 0.2) is 0 Å². The van der Waals surface area contributed by atoms with E-state index < -0.39 is 0 Å². The van der Waals surface area contributed by atoms with E-state index >= 15 is 0 Å². The fourth-order valence-electron chi connectivity index (χ4n) is 2.59. The largest absolute Gasteiger partial charge is 0.0985 e. The fourth-order valence-corrected chi connectivity index (χ4v) is 2.59. The molecule has 2 aromatic rings. The molecular weight excluding hydrogens is 192 g/mol. The summed E-state index contributed by atoms with van der Waals surface area (Å²) in [6, 6.07) is 13.2. The van der Waals surface area contributed by atoms with Crippen molar-refractivity contribution in [2.24, 2.45) is 0 Å². The van der Waals surface area contributed by atoms with E-state index in [2.05, 4.69) is 49.9 Å². The Hall–Kier alpha value is -1.82. The average Bonchev–Trinajstić information content (AvgIpc) is 2.67. The predicted octanol–water partition coefficient (Wildman–Crippen LogP) is 4.21. The van der Waals surface area contributed by atoms with Gasteiger partial charge >= 0.3 is 0 Å². The lowest BCUT2D eigenvalue weighted by atomic mass is 9.98. The van der Waals surface area contributed by atoms with E-state index in [0.29, 0.717) is 0 Å². The van der Waals surface area contributed by atoms with Crippen molar-refractivity contribution in [2.75, 3.05) is 0 Å². The van der Waals surface area contributed by atoms with E-state index in [9.17, 15) is 0 Å². The molecule has 16 heavy (non-hydrogen) atoms. The maximum Gasteiger partial charge on any atom is -0.000751 e. The number of fused-ring (bicyclic) bond motifs is 3. The summed E-state index contributed by atoms with van der Waals surface area (Å²) in [5.41, 5.74) is 8.25. The molecule has 0 N–H and O–H groups in total. The summed E-state index contributed by atoms with van der Waals surface area (Å²) in [6.07, 6.45) is 3.02. The van der Waals surface area contributed by atoms with Crippen molar-refractivity contribution in [3.63, 3.8) is 0 Å². The van der Waals surface area contributed by atoms with Crippen molar-refractivity contribution in [2.45, 2.75) is 13.3 Å². The van der Waals surface area contributed by atoms with E-state index in [1.807, 2.05) is 6.08 Å². The minimum atomic E-state index is 1.05. The lowest BCUT2D eigenvalue weighted by Gasteiger charge is -2.06. The van der Waals surface area contributed by atoms with Gasteiger partial charge in [0.2, 0.25) is 0 Å². The van der Waals surface area contributed by atoms with Crippen LogP contribution in [0.3, 0.4) is 0 Å². The Labute approximate surface area is 96.3 Å². The number of benzene rings is 2. The Balaban J connectivity index is 2.32. The summed E-state index contributed by atoms with van der Waals surface area (Å²) in [5, 5.41) is 0. The predicted molar refractivity (Wildman–Crippen MR) is 69.5 cm³/mol. The first-order chi connectivity index (χ1) is 7.79. The first-order valence-electron chi connectivity index (χ1n) is 5.64. The van der Waals surface area contributed by atoms with Crippen LogP contribution < -0.4 is 0 Å². The van der Waals surface area contributed by atoms with Gasteiger partial charge in [-0.1, -0.05) is 49.1 Å². The zero-order valence-corrected chi connectivity index (χ0v) is 9.46. The molecule has 0 atom stereocenters. The number of rotatable bonds is 1. The third kappa shape index (κ3) is 1.23. The molecule has 78 valence electrons. The highest BCUT2D eigenvalue weighted by molar-refractivity contribution is 5.81. The van der Waals surface area contributed by atoms with Crippen molar-refractivity contribution in [3.05, 3.63) is 65.2 Å². The van der Waals surface area contributed by atoms with Gasteiger partial charge in [-0.15, -0.1) is 0 Å². The Kier molecular flexibility index (Phi) is 1.97. The molecule has 0 amide bonds. The normalized spacial score (nSPS) is 12.1. The molecule has 0 spiro atoms. The van der Waals surface area contributed by atoms with Crippen LogP contribution in [0.4, 0.5) is 0 Å². The minimum absolute atomic E-state index is 1.05. The van der Waals surface area contributed by atoms with Crippen molar-refractivity contribution in [1.29, 1.82) is 0 Å². The van der Waals surface area contributed by atoms with Crippen molar-refractivity contribution >= 4 is 6.08 Å². The summed E-state index contributed by atoms with van der Waals surface area (Å²) in [7, 11) is 0. The van der Waals surface area contributed by atoms with Crippen molar-refractivity contribution in [1.82, 2.24) is 0 Å². The summed E-state index contributed by atoms with van der Waals surface area (Å²) in [6.45, 7) is 6.06. The topological polar surface area (TPSA) is 0 Å². The first-order valence-corrected chi connectivity index (χ1v) is 5.64. The highest BCUT2D eigenvalue weighted by Gasteiger charge is 2.19. The Morgan fingerprint density at radius 1 is 1.12 bits per heavy atom. The van der Waals surface area contributed by atoms with Gasteiger partial charge in [-0.2, -0.15) is 0 Å². The van der Waals surface area contributed by atoms with Crippen LogP contribution >= 0.6 is 0 Å². The molecular formula is C16H14. The molecule has 0 aromatic heterocycles. The molecule has 0 saturated carbocycles. The Morgan fingerprint density at radius 2 is 1.94 bits per heavy atom. The summed E-state index contributed by atoms with van der Waals surface area (Å²) in [5.74, 6) is 0. The van der Waals surface area contributed by atoms with Crippen LogP contribution in [-0.2, 0) is 6.42 Å². The molecule has 0 unspecified atom stereocenters. The van der Waals surface area contributed by atoms with Crippen LogP contribution in [0.15, 0.2) is 43.0 Å². The molecule has 0 bridgehead atoms. The maximum atomic E-state index is 3.91. The number of hydrogen-bond donors (Lipinski definition) is 0. The van der Waals surface area contributed by atoms with Gasteiger partial charge < -0.3 is 0 Å². The van der Waals surface area contributed by atoms with Crippen LogP contribution in [0, 0.1) is 6.92 Å². The quantitative estimate of drug-likeness (QED) is 0.559. The van der Waals surface area contributed by atoms with Gasteiger partial charge in [0.1, 0.15) is 0 Å². The maximum absolute atomic E-state index is 3.91. The van der Waals surface area contributed by atoms with Gasteiger partial charge in [0, 0.05) is 0 Å². The molecule has 2 aromatic carbocycles. The molecule has 0 aliphatic heterocycles. The zero-order valence-electron chi connectivity index (χ0n) is 9.46. The fraction of sp³-hybridized carbons (Fsp3) is 0.125. The molecule has 0 nitrogen and oxygen atoms in total. The van der Waals surface area contributed by atoms with Gasteiger partial charge in [-0.3, -0.25) is 0 Å². The third-order valence-electron chi connectivity index (χ3n) is 3.32. The zero-order chi connectivity index (χ0) is 11.1. The van der Waals surface area contributed by atoms with Crippen LogP contribution in [0.1, 0.15) is 22.3 Å². The van der Waals surface area contributed by atoms with Gasteiger partial charge in [0.25, 0.3) is 0 Å². The summed E-state index contributed by atoms with van der Waals surface area (Å²) in [4.78, 5) is 0. The molecule has 0 heteroatoms. The molecule has 3 rings (SSSR count). The molecule has 0 fully saturated rings. The van der Waals surface area contributed by atoms with Crippen LogP contribution in [0.5, 0.6) is 0 Å². The Bertz CT molecular complexity index is 577. The second-order valence-corrected chi connectivity index (χ2v) is 4.42. The van der Waals surface area contributed by atoms with E-state index in [1.54, 1.807) is 0 Å². The number of hydrogen-bond acceptors (Lipinski definition) is 0. The van der Waals surface area contributed by atoms with Crippen LogP contribution in [-0.4, -0.2) is 0 Å². The van der Waals surface area contributed by atoms with Crippen LogP contribution in [0.25, 0.3) is 17.2 Å². The molecule has 0 saturated heterocycles. The SMILES string of the molecule is C=Cc1cc(C)cc2c1Cc1ccccc1-2. The van der Waals surface area contributed by atoms with E-state index in [4.69, 9.17) is 0 Å². The van der Waals surface area contributed by atoms with Crippen molar-refractivity contribution in [3.8, 4) is 11.1 Å². The molecule has 1 aliphatic rings. The molecule has 1 aliphatic carbocycles. The van der Waals surface area contributed by atoms with Gasteiger partial charge in [0.05, 0.1) is 0 Å². The lowest BCUT2D eigenvalue weighted by Crippen LogP contribution is -1.87. The van der Waals surface area contributed by atoms with Gasteiger partial charge in [-0.05, 0) is 46.7 Å². The smallest absolute Gasteiger partial charge is 0.000751 e.